The summed E-state index contributed by atoms with van der Waals surface area (Å²) in [5.74, 6) is -2.42. The second-order valence-electron chi connectivity index (χ2n) is 6.74. The van der Waals surface area contributed by atoms with Crippen LogP contribution in [0.25, 0.3) is 0 Å². The van der Waals surface area contributed by atoms with E-state index in [4.69, 9.17) is 4.74 Å². The standard InChI is InChI=1S/C20H20BrFN2O5S/c21-15-5-7-16(8-6-15)23-19(25)13-29-20(26)14-4-9-17(22)18(12-14)30(27,28)24-10-2-1-3-11-24/h4-9,12H,1-3,10-11,13H2,(H,23,25). The van der Waals surface area contributed by atoms with Gasteiger partial charge < -0.3 is 10.1 Å². The van der Waals surface area contributed by atoms with E-state index in [0.29, 0.717) is 31.6 Å². The Morgan fingerprint density at radius 3 is 2.40 bits per heavy atom. The number of carbonyl (C=O) groups excluding carboxylic acids is 2. The molecule has 0 radical (unpaired) electrons. The van der Waals surface area contributed by atoms with Crippen LogP contribution in [0.15, 0.2) is 51.8 Å². The first kappa shape index (κ1) is 22.4. The molecule has 1 aliphatic rings. The van der Waals surface area contributed by atoms with Crippen LogP contribution < -0.4 is 5.32 Å². The van der Waals surface area contributed by atoms with Crippen molar-refractivity contribution in [3.8, 4) is 0 Å². The first-order valence-electron chi connectivity index (χ1n) is 9.29. The van der Waals surface area contributed by atoms with Crippen LogP contribution in [0.4, 0.5) is 10.1 Å². The number of hydrogen-bond acceptors (Lipinski definition) is 5. The molecule has 1 heterocycles. The molecule has 0 saturated carbocycles. The second kappa shape index (κ2) is 9.67. The van der Waals surface area contributed by atoms with Crippen LogP contribution in [0.5, 0.6) is 0 Å². The van der Waals surface area contributed by atoms with E-state index in [0.717, 1.165) is 29.1 Å². The van der Waals surface area contributed by atoms with Crippen LogP contribution in [0.1, 0.15) is 29.6 Å². The van der Waals surface area contributed by atoms with E-state index in [2.05, 4.69) is 21.2 Å². The molecule has 0 spiro atoms. The van der Waals surface area contributed by atoms with Gasteiger partial charge in [0.05, 0.1) is 5.56 Å². The first-order valence-corrected chi connectivity index (χ1v) is 11.5. The van der Waals surface area contributed by atoms with Crippen molar-refractivity contribution in [3.63, 3.8) is 0 Å². The number of nitrogens with one attached hydrogen (secondary N) is 1. The van der Waals surface area contributed by atoms with Crippen molar-refractivity contribution in [2.45, 2.75) is 24.2 Å². The predicted molar refractivity (Wildman–Crippen MR) is 112 cm³/mol. The van der Waals surface area contributed by atoms with Gasteiger partial charge >= 0.3 is 5.97 Å². The maximum atomic E-state index is 14.2. The number of esters is 1. The molecule has 160 valence electrons. The number of carbonyl (C=O) groups is 2. The highest BCUT2D eigenvalue weighted by Crippen LogP contribution is 2.24. The molecule has 0 aliphatic carbocycles. The molecule has 1 N–H and O–H groups in total. The molecular formula is C20H20BrFN2O5S. The number of rotatable bonds is 6. The van der Waals surface area contributed by atoms with Crippen molar-refractivity contribution in [2.24, 2.45) is 0 Å². The summed E-state index contributed by atoms with van der Waals surface area (Å²) in [6.45, 7) is 0.0554. The molecule has 3 rings (SSSR count). The van der Waals surface area contributed by atoms with Crippen molar-refractivity contribution in [2.75, 3.05) is 25.0 Å². The number of ether oxygens (including phenoxy) is 1. The Bertz CT molecular complexity index is 1040. The number of benzene rings is 2. The molecule has 2 aromatic carbocycles. The molecule has 30 heavy (non-hydrogen) atoms. The van der Waals surface area contributed by atoms with Crippen LogP contribution in [0.3, 0.4) is 0 Å². The number of amides is 1. The number of sulfonamides is 1. The fourth-order valence-electron chi connectivity index (χ4n) is 3.02. The van der Waals surface area contributed by atoms with Gasteiger partial charge in [-0.15, -0.1) is 0 Å². The summed E-state index contributed by atoms with van der Waals surface area (Å²) in [4.78, 5) is 23.7. The van der Waals surface area contributed by atoms with Gasteiger partial charge in [-0.2, -0.15) is 4.31 Å². The van der Waals surface area contributed by atoms with Crippen LogP contribution in [0.2, 0.25) is 0 Å². The summed E-state index contributed by atoms with van der Waals surface area (Å²) in [6, 6.07) is 9.81. The van der Waals surface area contributed by atoms with Crippen molar-refractivity contribution in [1.29, 1.82) is 0 Å². The zero-order chi connectivity index (χ0) is 21.7. The highest BCUT2D eigenvalue weighted by Gasteiger charge is 2.29. The van der Waals surface area contributed by atoms with Gasteiger partial charge in [0.1, 0.15) is 10.7 Å². The fourth-order valence-corrected chi connectivity index (χ4v) is 4.89. The minimum atomic E-state index is -4.06. The highest BCUT2D eigenvalue weighted by atomic mass is 79.9. The van der Waals surface area contributed by atoms with Gasteiger partial charge in [-0.05, 0) is 55.3 Å². The number of halogens is 2. The summed E-state index contributed by atoms with van der Waals surface area (Å²) < 4.78 is 46.7. The Kier molecular flexibility index (Phi) is 7.22. The van der Waals surface area contributed by atoms with E-state index >= 15 is 0 Å². The smallest absolute Gasteiger partial charge is 0.338 e. The Morgan fingerprint density at radius 1 is 1.07 bits per heavy atom. The van der Waals surface area contributed by atoms with E-state index in [9.17, 15) is 22.4 Å². The van der Waals surface area contributed by atoms with E-state index in [1.54, 1.807) is 24.3 Å². The van der Waals surface area contributed by atoms with Gasteiger partial charge in [-0.25, -0.2) is 17.6 Å². The molecule has 0 unspecified atom stereocenters. The average Bonchev–Trinajstić information content (AvgIpc) is 2.74. The third-order valence-electron chi connectivity index (χ3n) is 4.56. The molecule has 0 atom stereocenters. The lowest BCUT2D eigenvalue weighted by Gasteiger charge is -2.26. The lowest BCUT2D eigenvalue weighted by molar-refractivity contribution is -0.119. The maximum absolute atomic E-state index is 14.2. The van der Waals surface area contributed by atoms with Gasteiger partial charge in [-0.3, -0.25) is 4.79 Å². The fraction of sp³-hybridized carbons (Fsp3) is 0.300. The second-order valence-corrected chi connectivity index (χ2v) is 9.56. The monoisotopic (exact) mass is 498 g/mol. The minimum Gasteiger partial charge on any atom is -0.452 e. The summed E-state index contributed by atoms with van der Waals surface area (Å²) in [7, 11) is -4.06. The first-order chi connectivity index (χ1) is 14.3. The zero-order valence-corrected chi connectivity index (χ0v) is 18.3. The molecule has 7 nitrogen and oxygen atoms in total. The molecular weight excluding hydrogens is 479 g/mol. The topological polar surface area (TPSA) is 92.8 Å². The Labute approximate surface area is 182 Å². The largest absolute Gasteiger partial charge is 0.452 e. The molecule has 1 saturated heterocycles. The lowest BCUT2D eigenvalue weighted by atomic mass is 10.2. The van der Waals surface area contributed by atoms with Gasteiger partial charge in [0, 0.05) is 23.2 Å². The van der Waals surface area contributed by atoms with Crippen LogP contribution >= 0.6 is 15.9 Å². The number of nitrogens with zero attached hydrogens (tertiary/aromatic N) is 1. The Balaban J connectivity index is 1.67. The van der Waals surface area contributed by atoms with E-state index in [-0.39, 0.29) is 5.56 Å². The van der Waals surface area contributed by atoms with E-state index in [1.807, 2.05) is 0 Å². The van der Waals surface area contributed by atoms with E-state index < -0.39 is 39.2 Å². The molecule has 1 aliphatic heterocycles. The third kappa shape index (κ3) is 5.44. The Hall–Kier alpha value is -2.30. The lowest BCUT2D eigenvalue weighted by Crippen LogP contribution is -2.36. The van der Waals surface area contributed by atoms with Crippen LogP contribution in [0, 0.1) is 5.82 Å². The van der Waals surface area contributed by atoms with Crippen LogP contribution in [-0.2, 0) is 19.6 Å². The van der Waals surface area contributed by atoms with Crippen LogP contribution in [-0.4, -0.2) is 44.3 Å². The summed E-state index contributed by atoms with van der Waals surface area (Å²) in [6.07, 6.45) is 2.33. The van der Waals surface area contributed by atoms with E-state index in [1.165, 1.54) is 4.31 Å². The SMILES string of the molecule is O=C(COC(=O)c1ccc(F)c(S(=O)(=O)N2CCCCC2)c1)Nc1ccc(Br)cc1. The van der Waals surface area contributed by atoms with Gasteiger partial charge in [0.2, 0.25) is 10.0 Å². The minimum absolute atomic E-state index is 0.150. The molecule has 0 bridgehead atoms. The van der Waals surface area contributed by atoms with Gasteiger partial charge in [-0.1, -0.05) is 22.4 Å². The quantitative estimate of drug-likeness (QED) is 0.614. The molecule has 1 fully saturated rings. The predicted octanol–water partition coefficient (Wildman–Crippen LogP) is 3.56. The molecule has 2 aromatic rings. The average molecular weight is 499 g/mol. The van der Waals surface area contributed by atoms with Crippen molar-refractivity contribution in [3.05, 3.63) is 58.3 Å². The molecule has 0 aromatic heterocycles. The van der Waals surface area contributed by atoms with Crippen molar-refractivity contribution >= 4 is 43.5 Å². The zero-order valence-electron chi connectivity index (χ0n) is 15.9. The number of hydrogen-bond donors (Lipinski definition) is 1. The third-order valence-corrected chi connectivity index (χ3v) is 7.00. The normalized spacial score (nSPS) is 14.9. The summed E-state index contributed by atoms with van der Waals surface area (Å²) in [5.41, 5.74) is 0.374. The van der Waals surface area contributed by atoms with Gasteiger partial charge in [0.15, 0.2) is 6.61 Å². The number of anilines is 1. The summed E-state index contributed by atoms with van der Waals surface area (Å²) >= 11 is 3.28. The molecule has 1 amide bonds. The Morgan fingerprint density at radius 2 is 1.73 bits per heavy atom. The van der Waals surface area contributed by atoms with Gasteiger partial charge in [0.25, 0.3) is 5.91 Å². The van der Waals surface area contributed by atoms with Crippen molar-refractivity contribution in [1.82, 2.24) is 4.31 Å². The number of piperidine rings is 1. The summed E-state index contributed by atoms with van der Waals surface area (Å²) in [5, 5.41) is 2.56. The van der Waals surface area contributed by atoms with Crippen molar-refractivity contribution < 1.29 is 27.1 Å². The maximum Gasteiger partial charge on any atom is 0.338 e. The highest BCUT2D eigenvalue weighted by molar-refractivity contribution is 9.10. The molecule has 10 heteroatoms.